The molecule has 0 spiro atoms. The molecule has 5 aromatic rings. The molecule has 0 bridgehead atoms. The van der Waals surface area contributed by atoms with E-state index in [2.05, 4.69) is 25.6 Å². The standard InChI is InChI=1S/C28H27FN8O4/c1-35(28(39)19-2-4-22-24(13-19)32-17-31-22)16-27(38)37-9-7-36(8-10-37)25-5-3-18(12-21(25)29)23-14-20(41-33-23)15-30-26-6-11-40-34-26/h2-6,11-14,17H,7-10,15-16H2,1H3,(H,30,34)(H,31,32). The number of benzene rings is 2. The summed E-state index contributed by atoms with van der Waals surface area (Å²) in [7, 11) is 1.61. The van der Waals surface area contributed by atoms with E-state index in [-0.39, 0.29) is 24.2 Å². The third kappa shape index (κ3) is 5.60. The zero-order valence-corrected chi connectivity index (χ0v) is 22.2. The molecule has 2 N–H and O–H groups in total. The number of anilines is 2. The molecule has 13 heteroatoms. The summed E-state index contributed by atoms with van der Waals surface area (Å²) in [6.07, 6.45) is 3.03. The minimum atomic E-state index is -0.382. The third-order valence-corrected chi connectivity index (χ3v) is 7.04. The predicted octanol–water partition coefficient (Wildman–Crippen LogP) is 3.38. The SMILES string of the molecule is CN(CC(=O)N1CCN(c2ccc(-c3cc(CNc4ccon4)on3)cc2F)CC1)C(=O)c1ccc2nc[nH]c2c1. The van der Waals surface area contributed by atoms with Crippen LogP contribution in [0, 0.1) is 5.82 Å². The Kier molecular flexibility index (Phi) is 7.06. The lowest BCUT2D eigenvalue weighted by Crippen LogP contribution is -2.51. The van der Waals surface area contributed by atoms with Gasteiger partial charge in [-0.3, -0.25) is 9.59 Å². The Morgan fingerprint density at radius 3 is 2.71 bits per heavy atom. The van der Waals surface area contributed by atoms with Crippen molar-refractivity contribution in [1.82, 2.24) is 30.1 Å². The second-order valence-electron chi connectivity index (χ2n) is 9.75. The number of hydrogen-bond acceptors (Lipinski definition) is 9. The van der Waals surface area contributed by atoms with Crippen molar-refractivity contribution in [2.75, 3.05) is 50.0 Å². The number of aromatic nitrogens is 4. The van der Waals surface area contributed by atoms with Gasteiger partial charge in [0.15, 0.2) is 11.6 Å². The molecule has 0 unspecified atom stereocenters. The number of aromatic amines is 1. The van der Waals surface area contributed by atoms with E-state index in [0.717, 1.165) is 11.0 Å². The molecule has 1 aliphatic heterocycles. The first-order valence-corrected chi connectivity index (χ1v) is 13.1. The maximum atomic E-state index is 15.2. The molecule has 12 nitrogen and oxygen atoms in total. The molecule has 1 saturated heterocycles. The number of imidazole rings is 1. The lowest BCUT2D eigenvalue weighted by molar-refractivity contribution is -0.131. The highest BCUT2D eigenvalue weighted by atomic mass is 19.1. The van der Waals surface area contributed by atoms with Crippen molar-refractivity contribution in [3.05, 3.63) is 78.3 Å². The fourth-order valence-electron chi connectivity index (χ4n) is 4.80. The Morgan fingerprint density at radius 1 is 1.07 bits per heavy atom. The van der Waals surface area contributed by atoms with Crippen LogP contribution in [0.1, 0.15) is 16.1 Å². The summed E-state index contributed by atoms with van der Waals surface area (Å²) in [4.78, 5) is 38.0. The summed E-state index contributed by atoms with van der Waals surface area (Å²) < 4.78 is 25.3. The molecule has 41 heavy (non-hydrogen) atoms. The molecule has 0 saturated carbocycles. The Morgan fingerprint density at radius 2 is 1.93 bits per heavy atom. The van der Waals surface area contributed by atoms with Crippen molar-refractivity contribution in [2.24, 2.45) is 0 Å². The number of fused-ring (bicyclic) bond motifs is 1. The first-order valence-electron chi connectivity index (χ1n) is 13.1. The van der Waals surface area contributed by atoms with E-state index in [1.54, 1.807) is 60.7 Å². The fourth-order valence-corrected chi connectivity index (χ4v) is 4.80. The maximum absolute atomic E-state index is 15.2. The van der Waals surface area contributed by atoms with Crippen molar-refractivity contribution in [2.45, 2.75) is 6.54 Å². The van der Waals surface area contributed by atoms with Gasteiger partial charge >= 0.3 is 0 Å². The van der Waals surface area contributed by atoms with Crippen molar-refractivity contribution < 1.29 is 23.0 Å². The Balaban J connectivity index is 1.02. The summed E-state index contributed by atoms with van der Waals surface area (Å²) in [6, 6.07) is 13.6. The number of hydrogen-bond donors (Lipinski definition) is 2. The van der Waals surface area contributed by atoms with Gasteiger partial charge in [-0.05, 0) is 30.3 Å². The molecular formula is C28H27FN8O4. The summed E-state index contributed by atoms with van der Waals surface area (Å²) >= 11 is 0. The predicted molar refractivity (Wildman–Crippen MR) is 148 cm³/mol. The fraction of sp³-hybridized carbons (Fsp3) is 0.250. The summed E-state index contributed by atoms with van der Waals surface area (Å²) in [6.45, 7) is 2.10. The number of H-pyrrole nitrogens is 1. The molecule has 1 fully saturated rings. The van der Waals surface area contributed by atoms with Crippen molar-refractivity contribution in [3.63, 3.8) is 0 Å². The summed E-state index contributed by atoms with van der Waals surface area (Å²) in [5.74, 6) is 0.357. The van der Waals surface area contributed by atoms with Gasteiger partial charge in [-0.2, -0.15) is 0 Å². The first kappa shape index (κ1) is 26.0. The average Bonchev–Trinajstić information content (AvgIpc) is 3.77. The molecular weight excluding hydrogens is 531 g/mol. The topological polar surface area (TPSA) is 137 Å². The monoisotopic (exact) mass is 558 g/mol. The molecule has 0 aliphatic carbocycles. The van der Waals surface area contributed by atoms with Crippen LogP contribution in [-0.2, 0) is 11.3 Å². The Bertz CT molecular complexity index is 1670. The average molecular weight is 559 g/mol. The van der Waals surface area contributed by atoms with Crippen molar-refractivity contribution in [1.29, 1.82) is 0 Å². The minimum Gasteiger partial charge on any atom is -0.366 e. The van der Waals surface area contributed by atoms with Crippen LogP contribution in [0.3, 0.4) is 0 Å². The number of carbonyl (C=O) groups excluding carboxylic acids is 2. The zero-order chi connectivity index (χ0) is 28.3. The lowest BCUT2D eigenvalue weighted by Gasteiger charge is -2.37. The number of halogens is 1. The quantitative estimate of drug-likeness (QED) is 0.294. The van der Waals surface area contributed by atoms with Crippen LogP contribution in [0.5, 0.6) is 0 Å². The van der Waals surface area contributed by atoms with Gasteiger partial charge in [0.05, 0.1) is 36.1 Å². The smallest absolute Gasteiger partial charge is 0.254 e. The number of amides is 2. The van der Waals surface area contributed by atoms with Crippen LogP contribution in [-0.4, -0.2) is 81.7 Å². The van der Waals surface area contributed by atoms with Crippen molar-refractivity contribution in [3.8, 4) is 11.3 Å². The Labute approximate surface area is 233 Å². The first-order chi connectivity index (χ1) is 19.9. The van der Waals surface area contributed by atoms with E-state index >= 15 is 4.39 Å². The molecule has 4 heterocycles. The highest BCUT2D eigenvalue weighted by molar-refractivity contribution is 5.98. The highest BCUT2D eigenvalue weighted by Crippen LogP contribution is 2.27. The molecule has 6 rings (SSSR count). The van der Waals surface area contributed by atoms with Gasteiger partial charge in [0.2, 0.25) is 5.91 Å². The number of rotatable bonds is 8. The molecule has 0 atom stereocenters. The van der Waals surface area contributed by atoms with Gasteiger partial charge < -0.3 is 34.0 Å². The van der Waals surface area contributed by atoms with E-state index in [4.69, 9.17) is 9.05 Å². The van der Waals surface area contributed by atoms with E-state index in [1.165, 1.54) is 17.2 Å². The van der Waals surface area contributed by atoms with E-state index in [9.17, 15) is 9.59 Å². The van der Waals surface area contributed by atoms with Gasteiger partial charge in [0, 0.05) is 56.5 Å². The molecule has 2 amide bonds. The van der Waals surface area contributed by atoms with Crippen molar-refractivity contribution >= 4 is 34.4 Å². The molecule has 2 aromatic carbocycles. The number of piperazine rings is 1. The second-order valence-corrected chi connectivity index (χ2v) is 9.75. The Hall–Kier alpha value is -5.20. The molecule has 1 aliphatic rings. The molecule has 210 valence electrons. The summed E-state index contributed by atoms with van der Waals surface area (Å²) in [5, 5.41) is 10.9. The van der Waals surface area contributed by atoms with Crippen LogP contribution in [0.4, 0.5) is 15.9 Å². The van der Waals surface area contributed by atoms with Gasteiger partial charge in [-0.1, -0.05) is 16.4 Å². The largest absolute Gasteiger partial charge is 0.366 e. The van der Waals surface area contributed by atoms with Gasteiger partial charge in [0.25, 0.3) is 5.91 Å². The van der Waals surface area contributed by atoms with E-state index < -0.39 is 0 Å². The van der Waals surface area contributed by atoms with Crippen LogP contribution in [0.15, 0.2) is 70.2 Å². The second kappa shape index (κ2) is 11.1. The van der Waals surface area contributed by atoms with E-state index in [1.807, 2.05) is 4.90 Å². The number of carbonyl (C=O) groups is 2. The molecule has 0 radical (unpaired) electrons. The van der Waals surface area contributed by atoms with Crippen LogP contribution in [0.25, 0.3) is 22.3 Å². The number of likely N-dealkylation sites (N-methyl/N-ethyl adjacent to an activating group) is 1. The van der Waals surface area contributed by atoms with Gasteiger partial charge in [-0.25, -0.2) is 9.37 Å². The maximum Gasteiger partial charge on any atom is 0.254 e. The lowest BCUT2D eigenvalue weighted by atomic mass is 10.1. The number of nitrogens with one attached hydrogen (secondary N) is 2. The normalized spacial score (nSPS) is 13.5. The van der Waals surface area contributed by atoms with Crippen LogP contribution >= 0.6 is 0 Å². The van der Waals surface area contributed by atoms with E-state index in [0.29, 0.717) is 66.8 Å². The molecule has 3 aromatic heterocycles. The zero-order valence-electron chi connectivity index (χ0n) is 22.2. The van der Waals surface area contributed by atoms with Crippen LogP contribution < -0.4 is 10.2 Å². The van der Waals surface area contributed by atoms with Crippen LogP contribution in [0.2, 0.25) is 0 Å². The third-order valence-electron chi connectivity index (χ3n) is 7.04. The van der Waals surface area contributed by atoms with Gasteiger partial charge in [-0.15, -0.1) is 0 Å². The van der Waals surface area contributed by atoms with Gasteiger partial charge in [0.1, 0.15) is 17.8 Å². The number of nitrogens with zero attached hydrogens (tertiary/aromatic N) is 6. The minimum absolute atomic E-state index is 0.0449. The summed E-state index contributed by atoms with van der Waals surface area (Å²) in [5.41, 5.74) is 3.57. The highest BCUT2D eigenvalue weighted by Gasteiger charge is 2.25.